The molecule has 0 bridgehead atoms. The molecule has 0 radical (unpaired) electrons. The van der Waals surface area contributed by atoms with Crippen LogP contribution in [0.1, 0.15) is 49.7 Å². The van der Waals surface area contributed by atoms with Gasteiger partial charge in [0.05, 0.1) is 18.5 Å². The lowest BCUT2D eigenvalue weighted by atomic mass is 9.90. The molecule has 1 saturated carbocycles. The number of hydrogen-bond donors (Lipinski definition) is 2. The molecule has 8 nitrogen and oxygen atoms in total. The van der Waals surface area contributed by atoms with Crippen molar-refractivity contribution in [1.29, 1.82) is 0 Å². The first-order valence-electron chi connectivity index (χ1n) is 15.8. The summed E-state index contributed by atoms with van der Waals surface area (Å²) in [5, 5.41) is 3.10. The van der Waals surface area contributed by atoms with Crippen molar-refractivity contribution >= 4 is 23.4 Å². The highest BCUT2D eigenvalue weighted by Crippen LogP contribution is 2.35. The van der Waals surface area contributed by atoms with Gasteiger partial charge in [-0.3, -0.25) is 4.79 Å². The topological polar surface area (TPSA) is 97.1 Å². The molecule has 234 valence electrons. The molecule has 0 spiro atoms. The fourth-order valence-corrected chi connectivity index (χ4v) is 6.65. The van der Waals surface area contributed by atoms with Gasteiger partial charge in [0.15, 0.2) is 0 Å². The lowest BCUT2D eigenvalue weighted by Gasteiger charge is -2.35. The molecular weight excluding hydrogens is 552 g/mol. The number of methoxy groups -OCH3 is 2. The fourth-order valence-electron chi connectivity index (χ4n) is 6.65. The van der Waals surface area contributed by atoms with E-state index in [-0.39, 0.29) is 30.7 Å². The first-order chi connectivity index (χ1) is 21.4. The van der Waals surface area contributed by atoms with Gasteiger partial charge in [0, 0.05) is 38.8 Å². The molecule has 1 aliphatic heterocycles. The SMILES string of the molecule is COCC(=O)Nc1cc(-c2cccc(CN(C(=O)OC)C3CCC(N)CC3)c2)ccc1N1CCC(Cc2ccccc2)CC1. The maximum atomic E-state index is 12.8. The molecule has 3 aromatic rings. The van der Waals surface area contributed by atoms with Gasteiger partial charge in [-0.25, -0.2) is 4.79 Å². The standard InChI is InChI=1S/C36H46N4O4/c1-43-25-35(41)38-33-23-30(11-16-34(33)39-19-17-27(18-20-39)21-26-7-4-3-5-8-26)29-10-6-9-28(22-29)24-40(36(42)44-2)32-14-12-31(37)13-15-32/h3-11,16,22-23,27,31-32H,12-15,17-21,24-25,37H2,1-2H3,(H,38,41). The van der Waals surface area contributed by atoms with E-state index < -0.39 is 0 Å². The van der Waals surface area contributed by atoms with Crippen LogP contribution in [-0.4, -0.2) is 62.9 Å². The third kappa shape index (κ3) is 8.18. The van der Waals surface area contributed by atoms with Crippen molar-refractivity contribution in [1.82, 2.24) is 4.90 Å². The lowest BCUT2D eigenvalue weighted by Crippen LogP contribution is -2.43. The Bertz CT molecular complexity index is 1380. The number of hydrogen-bond acceptors (Lipinski definition) is 6. The summed E-state index contributed by atoms with van der Waals surface area (Å²) in [7, 11) is 2.96. The Balaban J connectivity index is 1.34. The molecule has 2 fully saturated rings. The van der Waals surface area contributed by atoms with Crippen molar-refractivity contribution in [3.8, 4) is 11.1 Å². The van der Waals surface area contributed by atoms with E-state index in [1.165, 1.54) is 19.8 Å². The van der Waals surface area contributed by atoms with Crippen molar-refractivity contribution in [2.75, 3.05) is 44.1 Å². The second kappa shape index (κ2) is 15.2. The van der Waals surface area contributed by atoms with Crippen molar-refractivity contribution < 1.29 is 19.1 Å². The lowest BCUT2D eigenvalue weighted by molar-refractivity contribution is -0.119. The maximum absolute atomic E-state index is 12.8. The van der Waals surface area contributed by atoms with Crippen LogP contribution in [0.5, 0.6) is 0 Å². The number of amides is 2. The maximum Gasteiger partial charge on any atom is 0.410 e. The zero-order valence-electron chi connectivity index (χ0n) is 26.0. The molecule has 3 aromatic carbocycles. The Hall–Kier alpha value is -3.88. The van der Waals surface area contributed by atoms with Gasteiger partial charge < -0.3 is 30.3 Å². The summed E-state index contributed by atoms with van der Waals surface area (Å²) in [6, 6.07) is 25.6. The van der Waals surface area contributed by atoms with Crippen molar-refractivity contribution in [3.63, 3.8) is 0 Å². The molecule has 5 rings (SSSR count). The summed E-state index contributed by atoms with van der Waals surface area (Å²) in [6.45, 7) is 2.34. The summed E-state index contributed by atoms with van der Waals surface area (Å²) in [6.07, 6.45) is 6.58. The van der Waals surface area contributed by atoms with Crippen molar-refractivity contribution in [2.24, 2.45) is 11.7 Å². The predicted octanol–water partition coefficient (Wildman–Crippen LogP) is 6.24. The molecule has 44 heavy (non-hydrogen) atoms. The minimum absolute atomic E-state index is 0.00622. The van der Waals surface area contributed by atoms with E-state index >= 15 is 0 Å². The highest BCUT2D eigenvalue weighted by atomic mass is 16.5. The minimum atomic E-state index is -0.309. The fraction of sp³-hybridized carbons (Fsp3) is 0.444. The second-order valence-electron chi connectivity index (χ2n) is 12.2. The average molecular weight is 599 g/mol. The number of piperidine rings is 1. The number of anilines is 2. The predicted molar refractivity (Wildman–Crippen MR) is 176 cm³/mol. The van der Waals surface area contributed by atoms with E-state index in [1.807, 2.05) is 17.0 Å². The van der Waals surface area contributed by atoms with Gasteiger partial charge in [-0.1, -0.05) is 54.6 Å². The number of ether oxygens (including phenoxy) is 2. The Labute approximate surface area is 261 Å². The largest absolute Gasteiger partial charge is 0.453 e. The van der Waals surface area contributed by atoms with Crippen LogP contribution in [0.4, 0.5) is 16.2 Å². The Kier molecular flexibility index (Phi) is 10.9. The van der Waals surface area contributed by atoms with Crippen LogP contribution in [0, 0.1) is 5.92 Å². The van der Waals surface area contributed by atoms with Crippen LogP contribution in [0.2, 0.25) is 0 Å². The van der Waals surface area contributed by atoms with Crippen molar-refractivity contribution in [3.05, 3.63) is 83.9 Å². The number of nitrogens with two attached hydrogens (primary N) is 1. The first kappa shape index (κ1) is 31.5. The van der Waals surface area contributed by atoms with E-state index in [1.54, 1.807) is 0 Å². The van der Waals surface area contributed by atoms with E-state index in [4.69, 9.17) is 15.2 Å². The van der Waals surface area contributed by atoms with E-state index in [2.05, 4.69) is 70.9 Å². The Morgan fingerprint density at radius 3 is 2.27 bits per heavy atom. The van der Waals surface area contributed by atoms with Crippen LogP contribution >= 0.6 is 0 Å². The highest BCUT2D eigenvalue weighted by molar-refractivity contribution is 5.96. The summed E-state index contributed by atoms with van der Waals surface area (Å²) >= 11 is 0. The molecule has 0 aromatic heterocycles. The third-order valence-corrected chi connectivity index (χ3v) is 9.07. The van der Waals surface area contributed by atoms with Crippen LogP contribution in [0.25, 0.3) is 11.1 Å². The van der Waals surface area contributed by atoms with E-state index in [0.29, 0.717) is 12.5 Å². The smallest absolute Gasteiger partial charge is 0.410 e. The number of carbonyl (C=O) groups excluding carboxylic acids is 2. The number of nitrogens with zero attached hydrogens (tertiary/aromatic N) is 2. The summed E-state index contributed by atoms with van der Waals surface area (Å²) in [4.78, 5) is 29.7. The number of benzene rings is 3. The zero-order chi connectivity index (χ0) is 30.9. The van der Waals surface area contributed by atoms with Gasteiger partial charge in [-0.2, -0.15) is 0 Å². The van der Waals surface area contributed by atoms with Gasteiger partial charge in [0.1, 0.15) is 6.61 Å². The van der Waals surface area contributed by atoms with Gasteiger partial charge in [-0.15, -0.1) is 0 Å². The Morgan fingerprint density at radius 1 is 0.864 bits per heavy atom. The zero-order valence-corrected chi connectivity index (χ0v) is 26.0. The van der Waals surface area contributed by atoms with Gasteiger partial charge in [-0.05, 0) is 91.3 Å². The highest BCUT2D eigenvalue weighted by Gasteiger charge is 2.29. The number of nitrogens with one attached hydrogen (secondary N) is 1. The normalized spacial score (nSPS) is 18.9. The van der Waals surface area contributed by atoms with Gasteiger partial charge in [0.25, 0.3) is 0 Å². The molecule has 3 N–H and O–H groups in total. The molecule has 1 heterocycles. The average Bonchev–Trinajstić information content (AvgIpc) is 3.05. The number of rotatable bonds is 10. The second-order valence-corrected chi connectivity index (χ2v) is 12.2. The van der Waals surface area contributed by atoms with Crippen LogP contribution in [-0.2, 0) is 27.2 Å². The molecule has 0 unspecified atom stereocenters. The summed E-state index contributed by atoms with van der Waals surface area (Å²) < 4.78 is 10.3. The van der Waals surface area contributed by atoms with Crippen molar-refractivity contribution in [2.45, 2.75) is 63.6 Å². The monoisotopic (exact) mass is 598 g/mol. The van der Waals surface area contributed by atoms with E-state index in [0.717, 1.165) is 86.1 Å². The first-order valence-corrected chi connectivity index (χ1v) is 15.8. The molecule has 8 heteroatoms. The number of carbonyl (C=O) groups is 2. The summed E-state index contributed by atoms with van der Waals surface area (Å²) in [5.41, 5.74) is 12.4. The van der Waals surface area contributed by atoms with E-state index in [9.17, 15) is 9.59 Å². The Morgan fingerprint density at radius 2 is 1.57 bits per heavy atom. The molecule has 0 atom stereocenters. The molecule has 1 saturated heterocycles. The quantitative estimate of drug-likeness (QED) is 0.287. The molecular formula is C36H46N4O4. The summed E-state index contributed by atoms with van der Waals surface area (Å²) in [5.74, 6) is 0.469. The minimum Gasteiger partial charge on any atom is -0.453 e. The van der Waals surface area contributed by atoms with Crippen LogP contribution in [0.15, 0.2) is 72.8 Å². The van der Waals surface area contributed by atoms with Crippen LogP contribution in [0.3, 0.4) is 0 Å². The van der Waals surface area contributed by atoms with Gasteiger partial charge >= 0.3 is 6.09 Å². The van der Waals surface area contributed by atoms with Gasteiger partial charge in [0.2, 0.25) is 5.91 Å². The molecule has 2 amide bonds. The molecule has 1 aliphatic carbocycles. The van der Waals surface area contributed by atoms with Crippen LogP contribution < -0.4 is 16.0 Å². The third-order valence-electron chi connectivity index (χ3n) is 9.07. The molecule has 2 aliphatic rings.